The zero-order valence-corrected chi connectivity index (χ0v) is 11.6. The summed E-state index contributed by atoms with van der Waals surface area (Å²) in [5.41, 5.74) is 1.94. The summed E-state index contributed by atoms with van der Waals surface area (Å²) in [6.07, 6.45) is 0. The van der Waals surface area contributed by atoms with Gasteiger partial charge in [0.05, 0.1) is 0 Å². The molecule has 0 radical (unpaired) electrons. The molecule has 2 aromatic rings. The second kappa shape index (κ2) is 6.12. The molecule has 0 unspecified atom stereocenters. The number of hydrogen-bond acceptors (Lipinski definition) is 3. The molecule has 20 heavy (non-hydrogen) atoms. The molecule has 0 saturated carbocycles. The normalized spacial score (nSPS) is 9.85. The lowest BCUT2D eigenvalue weighted by atomic mass is 10.2. The molecule has 0 saturated heterocycles. The summed E-state index contributed by atoms with van der Waals surface area (Å²) in [5, 5.41) is 14.5. The van der Waals surface area contributed by atoms with Gasteiger partial charge in [-0.3, -0.25) is 0 Å². The predicted molar refractivity (Wildman–Crippen MR) is 83.3 cm³/mol. The molecule has 1 N–H and O–H groups in total. The minimum Gasteiger partial charge on any atom is -0.328 e. The van der Waals surface area contributed by atoms with E-state index >= 15 is 0 Å². The van der Waals surface area contributed by atoms with Crippen LogP contribution in [0.25, 0.3) is 0 Å². The van der Waals surface area contributed by atoms with Crippen LogP contribution in [0.5, 0.6) is 0 Å². The highest BCUT2D eigenvalue weighted by atomic mass is 32.1. The number of nitro groups is 1. The van der Waals surface area contributed by atoms with Crippen LogP contribution in [0.2, 0.25) is 0 Å². The van der Waals surface area contributed by atoms with Gasteiger partial charge >= 0.3 is 0 Å². The summed E-state index contributed by atoms with van der Waals surface area (Å²) in [6, 6.07) is 16.1. The van der Waals surface area contributed by atoms with Crippen molar-refractivity contribution in [1.82, 2.24) is 0 Å². The first-order valence-corrected chi connectivity index (χ1v) is 6.36. The van der Waals surface area contributed by atoms with E-state index in [-0.39, 0.29) is 5.11 Å². The van der Waals surface area contributed by atoms with Gasteiger partial charge in [0.15, 0.2) is 5.03 Å². The summed E-state index contributed by atoms with van der Waals surface area (Å²) in [4.78, 5) is 11.3. The number of nitrogens with one attached hydrogen (secondary N) is 1. The number of aryl methyl sites for hydroxylation is 1. The van der Waals surface area contributed by atoms with Crippen molar-refractivity contribution in [2.75, 3.05) is 10.3 Å². The monoisotopic (exact) mass is 287 g/mol. The van der Waals surface area contributed by atoms with Gasteiger partial charge in [0, 0.05) is 5.69 Å². The largest absolute Gasteiger partial charge is 0.328 e. The highest BCUT2D eigenvalue weighted by molar-refractivity contribution is 7.80. The van der Waals surface area contributed by atoms with E-state index < -0.39 is 5.03 Å². The molecule has 0 aromatic heterocycles. The Kier molecular flexibility index (Phi) is 4.27. The van der Waals surface area contributed by atoms with Crippen molar-refractivity contribution in [2.45, 2.75) is 6.92 Å². The van der Waals surface area contributed by atoms with Crippen LogP contribution in [0.4, 0.5) is 11.4 Å². The molecule has 0 spiro atoms. The highest BCUT2D eigenvalue weighted by Gasteiger charge is 2.24. The molecule has 0 atom stereocenters. The molecule has 0 bridgehead atoms. The zero-order valence-electron chi connectivity index (χ0n) is 10.8. The number of anilines is 2. The first kappa shape index (κ1) is 14.0. The van der Waals surface area contributed by atoms with Crippen LogP contribution in [0.15, 0.2) is 54.6 Å². The molecule has 0 fully saturated rings. The average Bonchev–Trinajstić information content (AvgIpc) is 2.42. The van der Waals surface area contributed by atoms with Gasteiger partial charge in [-0.05, 0) is 47.9 Å². The summed E-state index contributed by atoms with van der Waals surface area (Å²) in [5.74, 6) is 0. The minimum atomic E-state index is -0.527. The third-order valence-corrected chi connectivity index (χ3v) is 3.00. The SMILES string of the molecule is Cc1ccccc1N(C(=S)Nc1ccccc1)[N+](=O)[O-]. The molecule has 0 aliphatic rings. The summed E-state index contributed by atoms with van der Waals surface area (Å²) >= 11 is 5.15. The van der Waals surface area contributed by atoms with E-state index in [1.165, 1.54) is 0 Å². The van der Waals surface area contributed by atoms with Crippen LogP contribution >= 0.6 is 12.2 Å². The van der Waals surface area contributed by atoms with Gasteiger partial charge in [-0.15, -0.1) is 0 Å². The molecular weight excluding hydrogens is 274 g/mol. The maximum absolute atomic E-state index is 11.3. The number of thiocarbonyl (C=S) groups is 1. The Morgan fingerprint density at radius 3 is 2.35 bits per heavy atom. The van der Waals surface area contributed by atoms with E-state index in [1.54, 1.807) is 37.3 Å². The van der Waals surface area contributed by atoms with Crippen molar-refractivity contribution in [3.8, 4) is 0 Å². The van der Waals surface area contributed by atoms with Crippen molar-refractivity contribution in [2.24, 2.45) is 0 Å². The van der Waals surface area contributed by atoms with Crippen molar-refractivity contribution < 1.29 is 5.03 Å². The molecule has 102 valence electrons. The third-order valence-electron chi connectivity index (χ3n) is 2.72. The molecule has 5 nitrogen and oxygen atoms in total. The number of benzene rings is 2. The van der Waals surface area contributed by atoms with E-state index in [4.69, 9.17) is 12.2 Å². The van der Waals surface area contributed by atoms with Gasteiger partial charge in [0.2, 0.25) is 5.11 Å². The summed E-state index contributed by atoms with van der Waals surface area (Å²) in [6.45, 7) is 1.80. The van der Waals surface area contributed by atoms with Crippen molar-refractivity contribution in [3.63, 3.8) is 0 Å². The number of hydrogen-bond donors (Lipinski definition) is 1. The first-order valence-electron chi connectivity index (χ1n) is 5.95. The molecule has 0 aliphatic heterocycles. The Bertz CT molecular complexity index is 631. The van der Waals surface area contributed by atoms with Crippen LogP contribution in [0.3, 0.4) is 0 Å². The number of nitrogens with zero attached hydrogens (tertiary/aromatic N) is 2. The van der Waals surface area contributed by atoms with E-state index in [9.17, 15) is 10.1 Å². The predicted octanol–water partition coefficient (Wildman–Crippen LogP) is 3.39. The Hall–Kier alpha value is -2.47. The second-order valence-corrected chi connectivity index (χ2v) is 4.52. The lowest BCUT2D eigenvalue weighted by Gasteiger charge is -2.17. The van der Waals surface area contributed by atoms with Gasteiger partial charge in [0.25, 0.3) is 0 Å². The Balaban J connectivity index is 2.28. The smallest absolute Gasteiger partial charge is 0.243 e. The second-order valence-electron chi connectivity index (χ2n) is 4.13. The van der Waals surface area contributed by atoms with Crippen LogP contribution in [-0.4, -0.2) is 10.1 Å². The molecular formula is C14H13N3O2S. The number of para-hydroxylation sites is 2. The quantitative estimate of drug-likeness (QED) is 0.532. The van der Waals surface area contributed by atoms with Gasteiger partial charge in [-0.1, -0.05) is 36.4 Å². The number of hydrazine groups is 1. The third kappa shape index (κ3) is 3.10. The van der Waals surface area contributed by atoms with Crippen molar-refractivity contribution >= 4 is 28.7 Å². The Morgan fingerprint density at radius 2 is 1.75 bits per heavy atom. The van der Waals surface area contributed by atoms with E-state index in [0.717, 1.165) is 10.6 Å². The fourth-order valence-corrected chi connectivity index (χ4v) is 2.05. The van der Waals surface area contributed by atoms with Gasteiger partial charge < -0.3 is 5.32 Å². The molecule has 0 aliphatic carbocycles. The highest BCUT2D eigenvalue weighted by Crippen LogP contribution is 2.20. The van der Waals surface area contributed by atoms with Gasteiger partial charge in [-0.2, -0.15) is 0 Å². The first-order chi connectivity index (χ1) is 9.59. The van der Waals surface area contributed by atoms with Crippen LogP contribution in [0.1, 0.15) is 5.56 Å². The molecule has 0 amide bonds. The van der Waals surface area contributed by atoms with Gasteiger partial charge in [0.1, 0.15) is 5.69 Å². The van der Waals surface area contributed by atoms with Gasteiger partial charge in [-0.25, -0.2) is 10.1 Å². The Morgan fingerprint density at radius 1 is 1.15 bits per heavy atom. The molecule has 0 heterocycles. The summed E-state index contributed by atoms with van der Waals surface area (Å²) < 4.78 is 0. The minimum absolute atomic E-state index is 0.0236. The fraction of sp³-hybridized carbons (Fsp3) is 0.0714. The molecule has 2 rings (SSSR count). The molecule has 6 heteroatoms. The maximum Gasteiger partial charge on any atom is 0.243 e. The van der Waals surface area contributed by atoms with Crippen molar-refractivity contribution in [3.05, 3.63) is 70.3 Å². The van der Waals surface area contributed by atoms with Crippen molar-refractivity contribution in [1.29, 1.82) is 0 Å². The standard InChI is InChI=1S/C14H13N3O2S/c1-11-7-5-6-10-13(11)16(17(18)19)14(20)15-12-8-3-2-4-9-12/h2-10H,1H3,(H,15,20). The molecule has 2 aromatic carbocycles. The van der Waals surface area contributed by atoms with Crippen LogP contribution < -0.4 is 10.3 Å². The van der Waals surface area contributed by atoms with E-state index in [0.29, 0.717) is 11.4 Å². The topological polar surface area (TPSA) is 58.4 Å². The number of rotatable bonds is 3. The fourth-order valence-electron chi connectivity index (χ4n) is 1.77. The summed E-state index contributed by atoms with van der Waals surface area (Å²) in [7, 11) is 0. The van der Waals surface area contributed by atoms with E-state index in [2.05, 4.69) is 5.32 Å². The van der Waals surface area contributed by atoms with Crippen LogP contribution in [-0.2, 0) is 0 Å². The zero-order chi connectivity index (χ0) is 14.5. The maximum atomic E-state index is 11.3. The lowest BCUT2D eigenvalue weighted by Crippen LogP contribution is -2.39. The Labute approximate surface area is 122 Å². The van der Waals surface area contributed by atoms with E-state index in [1.807, 2.05) is 24.3 Å². The average molecular weight is 287 g/mol. The lowest BCUT2D eigenvalue weighted by molar-refractivity contribution is -0.478. The van der Waals surface area contributed by atoms with Crippen LogP contribution in [0, 0.1) is 17.0 Å².